The molecule has 2 heterocycles. The minimum absolute atomic E-state index is 0.224. The molecule has 0 bridgehead atoms. The fourth-order valence-electron chi connectivity index (χ4n) is 2.74. The molecule has 0 unspecified atom stereocenters. The lowest BCUT2D eigenvalue weighted by Crippen LogP contribution is -2.26. The summed E-state index contributed by atoms with van der Waals surface area (Å²) in [6, 6.07) is 9.90. The van der Waals surface area contributed by atoms with Gasteiger partial charge >= 0.3 is 0 Å². The summed E-state index contributed by atoms with van der Waals surface area (Å²) in [5.74, 6) is 0.212. The molecule has 0 saturated carbocycles. The Labute approximate surface area is 118 Å². The zero-order valence-electron chi connectivity index (χ0n) is 11.6. The van der Waals surface area contributed by atoms with Gasteiger partial charge in [0.25, 0.3) is 0 Å². The van der Waals surface area contributed by atoms with Crippen LogP contribution >= 0.6 is 0 Å². The van der Waals surface area contributed by atoms with Gasteiger partial charge in [0.2, 0.25) is 0 Å². The molecule has 1 aromatic carbocycles. The largest absolute Gasteiger partial charge is 0.324 e. The molecular formula is C16H18FN3. The van der Waals surface area contributed by atoms with Crippen LogP contribution in [0.15, 0.2) is 36.5 Å². The molecule has 2 aromatic rings. The molecule has 1 aromatic heterocycles. The van der Waals surface area contributed by atoms with Crippen LogP contribution in [0.5, 0.6) is 0 Å². The third-order valence-corrected chi connectivity index (χ3v) is 3.68. The van der Waals surface area contributed by atoms with Gasteiger partial charge in [-0.2, -0.15) is 0 Å². The Hall–Kier alpha value is -1.94. The molecule has 0 saturated heterocycles. The summed E-state index contributed by atoms with van der Waals surface area (Å²) in [7, 11) is 1.82. The van der Waals surface area contributed by atoms with Crippen LogP contribution in [0.4, 0.5) is 15.9 Å². The lowest BCUT2D eigenvalue weighted by molar-refractivity contribution is 0.588. The molecular weight excluding hydrogens is 253 g/mol. The Morgan fingerprint density at radius 2 is 2.15 bits per heavy atom. The molecule has 4 heteroatoms. The van der Waals surface area contributed by atoms with Crippen LogP contribution in [0.2, 0.25) is 0 Å². The van der Waals surface area contributed by atoms with Crippen molar-refractivity contribution in [3.05, 3.63) is 53.5 Å². The number of para-hydroxylation sites is 1. The summed E-state index contributed by atoms with van der Waals surface area (Å²) in [6.07, 6.45) is 3.75. The molecule has 3 nitrogen and oxygen atoms in total. The van der Waals surface area contributed by atoms with Crippen molar-refractivity contribution in [1.82, 2.24) is 10.3 Å². The monoisotopic (exact) mass is 271 g/mol. The molecule has 0 radical (unpaired) electrons. The first-order valence-corrected chi connectivity index (χ1v) is 6.94. The number of anilines is 2. The first kappa shape index (κ1) is 13.1. The van der Waals surface area contributed by atoms with E-state index in [1.54, 1.807) is 12.3 Å². The molecule has 104 valence electrons. The molecule has 1 aliphatic heterocycles. The molecule has 0 spiro atoms. The summed E-state index contributed by atoms with van der Waals surface area (Å²) in [5.41, 5.74) is 2.99. The highest BCUT2D eigenvalue weighted by Crippen LogP contribution is 2.33. The van der Waals surface area contributed by atoms with Gasteiger partial charge in [-0.15, -0.1) is 0 Å². The molecule has 1 aliphatic rings. The van der Waals surface area contributed by atoms with Crippen LogP contribution in [0.1, 0.15) is 17.5 Å². The topological polar surface area (TPSA) is 28.2 Å². The molecule has 0 fully saturated rings. The first-order chi connectivity index (χ1) is 9.81. The third kappa shape index (κ3) is 2.27. The second-order valence-electron chi connectivity index (χ2n) is 5.02. The molecule has 1 N–H and O–H groups in total. The molecule has 3 rings (SSSR count). The number of hydrogen-bond donors (Lipinski definition) is 1. The van der Waals surface area contributed by atoms with Crippen molar-refractivity contribution in [2.75, 3.05) is 18.5 Å². The van der Waals surface area contributed by atoms with Gasteiger partial charge in [0.1, 0.15) is 0 Å². The van der Waals surface area contributed by atoms with Crippen LogP contribution in [0.25, 0.3) is 0 Å². The molecule has 0 atom stereocenters. The van der Waals surface area contributed by atoms with Gasteiger partial charge in [0.15, 0.2) is 11.6 Å². The summed E-state index contributed by atoms with van der Waals surface area (Å²) in [6.45, 7) is 1.32. The maximum absolute atomic E-state index is 14.6. The number of aromatic nitrogens is 1. The standard InChI is InChI=1S/C16H18FN3/c1-18-11-13-8-9-19-16(15(13)17)20-10-4-6-12-5-2-3-7-14(12)20/h2-3,5,7-9,18H,4,6,10-11H2,1H3. The van der Waals surface area contributed by atoms with Crippen LogP contribution < -0.4 is 10.2 Å². The SMILES string of the molecule is CNCc1ccnc(N2CCCc3ccccc32)c1F. The van der Waals surface area contributed by atoms with Crippen LogP contribution in [-0.2, 0) is 13.0 Å². The van der Waals surface area contributed by atoms with Crippen molar-refractivity contribution in [3.8, 4) is 0 Å². The maximum atomic E-state index is 14.6. The van der Waals surface area contributed by atoms with Crippen LogP contribution in [0.3, 0.4) is 0 Å². The summed E-state index contributed by atoms with van der Waals surface area (Å²) < 4.78 is 14.6. The number of nitrogens with one attached hydrogen (secondary N) is 1. The number of hydrogen-bond acceptors (Lipinski definition) is 3. The maximum Gasteiger partial charge on any atom is 0.170 e. The van der Waals surface area contributed by atoms with E-state index in [9.17, 15) is 4.39 Å². The number of nitrogens with zero attached hydrogens (tertiary/aromatic N) is 2. The van der Waals surface area contributed by atoms with Gasteiger partial charge in [0.05, 0.1) is 0 Å². The van der Waals surface area contributed by atoms with E-state index in [0.29, 0.717) is 17.9 Å². The predicted molar refractivity (Wildman–Crippen MR) is 78.7 cm³/mol. The Balaban J connectivity index is 2.04. The van der Waals surface area contributed by atoms with E-state index in [1.165, 1.54) is 5.56 Å². The fraction of sp³-hybridized carbons (Fsp3) is 0.312. The molecule has 20 heavy (non-hydrogen) atoms. The zero-order valence-corrected chi connectivity index (χ0v) is 11.6. The minimum Gasteiger partial charge on any atom is -0.324 e. The average Bonchev–Trinajstić information content (AvgIpc) is 2.49. The van der Waals surface area contributed by atoms with Gasteiger partial charge in [-0.25, -0.2) is 9.37 Å². The highest BCUT2D eigenvalue weighted by Gasteiger charge is 2.22. The van der Waals surface area contributed by atoms with Crippen LogP contribution in [-0.4, -0.2) is 18.6 Å². The summed E-state index contributed by atoms with van der Waals surface area (Å²) >= 11 is 0. The Morgan fingerprint density at radius 1 is 1.30 bits per heavy atom. The van der Waals surface area contributed by atoms with Gasteiger partial charge in [-0.3, -0.25) is 0 Å². The number of aryl methyl sites for hydroxylation is 1. The van der Waals surface area contributed by atoms with E-state index in [0.717, 1.165) is 25.1 Å². The van der Waals surface area contributed by atoms with Crippen molar-refractivity contribution in [1.29, 1.82) is 0 Å². The van der Waals surface area contributed by atoms with Gasteiger partial charge in [-0.05, 0) is 37.6 Å². The van der Waals surface area contributed by atoms with E-state index in [4.69, 9.17) is 0 Å². The Morgan fingerprint density at radius 3 is 3.00 bits per heavy atom. The van der Waals surface area contributed by atoms with Crippen molar-refractivity contribution >= 4 is 11.5 Å². The number of fused-ring (bicyclic) bond motifs is 1. The van der Waals surface area contributed by atoms with Crippen molar-refractivity contribution in [2.24, 2.45) is 0 Å². The first-order valence-electron chi connectivity index (χ1n) is 6.94. The van der Waals surface area contributed by atoms with Crippen molar-refractivity contribution in [3.63, 3.8) is 0 Å². The number of halogens is 1. The third-order valence-electron chi connectivity index (χ3n) is 3.68. The van der Waals surface area contributed by atoms with E-state index in [1.807, 2.05) is 30.1 Å². The Kier molecular flexibility index (Phi) is 3.65. The lowest BCUT2D eigenvalue weighted by atomic mass is 10.0. The fourth-order valence-corrected chi connectivity index (χ4v) is 2.74. The summed E-state index contributed by atoms with van der Waals surface area (Å²) in [4.78, 5) is 6.26. The highest BCUT2D eigenvalue weighted by atomic mass is 19.1. The van der Waals surface area contributed by atoms with E-state index in [2.05, 4.69) is 16.4 Å². The van der Waals surface area contributed by atoms with E-state index < -0.39 is 0 Å². The minimum atomic E-state index is -0.224. The second kappa shape index (κ2) is 5.59. The van der Waals surface area contributed by atoms with Crippen molar-refractivity contribution < 1.29 is 4.39 Å². The lowest BCUT2D eigenvalue weighted by Gasteiger charge is -2.30. The molecule has 0 aliphatic carbocycles. The van der Waals surface area contributed by atoms with E-state index >= 15 is 0 Å². The number of pyridine rings is 1. The van der Waals surface area contributed by atoms with E-state index in [-0.39, 0.29) is 5.82 Å². The quantitative estimate of drug-likeness (QED) is 0.930. The smallest absolute Gasteiger partial charge is 0.170 e. The zero-order chi connectivity index (χ0) is 13.9. The van der Waals surface area contributed by atoms with Gasteiger partial charge < -0.3 is 10.2 Å². The highest BCUT2D eigenvalue weighted by molar-refractivity contribution is 5.66. The second-order valence-corrected chi connectivity index (χ2v) is 5.02. The van der Waals surface area contributed by atoms with Gasteiger partial charge in [-0.1, -0.05) is 18.2 Å². The Bertz CT molecular complexity index is 612. The number of benzene rings is 1. The van der Waals surface area contributed by atoms with Crippen molar-refractivity contribution in [2.45, 2.75) is 19.4 Å². The van der Waals surface area contributed by atoms with Gasteiger partial charge in [0, 0.05) is 30.5 Å². The average molecular weight is 271 g/mol. The number of rotatable bonds is 3. The van der Waals surface area contributed by atoms with Crippen LogP contribution in [0, 0.1) is 5.82 Å². The molecule has 0 amide bonds. The normalized spacial score (nSPS) is 14.2. The predicted octanol–water partition coefficient (Wildman–Crippen LogP) is 3.02. The summed E-state index contributed by atoms with van der Waals surface area (Å²) in [5, 5.41) is 2.99.